The second kappa shape index (κ2) is 10.9. The van der Waals surface area contributed by atoms with Crippen LogP contribution in [0.4, 0.5) is 4.79 Å². The van der Waals surface area contributed by atoms with Gasteiger partial charge in [-0.05, 0) is 97.1 Å². The molecule has 0 aromatic heterocycles. The number of aliphatic hydroxyl groups excluding tert-OH is 1. The minimum atomic E-state index is -0.968. The monoisotopic (exact) mass is 470 g/mol. The number of phenolic OH excluding ortho intramolecular Hbond substituents is 1. The molecule has 0 bridgehead atoms. The number of fused-ring (bicyclic) bond motifs is 5. The molecule has 8 heteroatoms. The van der Waals surface area contributed by atoms with Crippen LogP contribution >= 0.6 is 0 Å². The van der Waals surface area contributed by atoms with Gasteiger partial charge in [0.2, 0.25) is 0 Å². The molecule has 3 aliphatic rings. The van der Waals surface area contributed by atoms with Crippen molar-refractivity contribution in [2.24, 2.45) is 28.9 Å². The SMILES string of the molecule is C[C@]12CC[C@@H]3c4ccc(O)cc4CC[C@H]3[C@@H]1CC[C@@H]2O.NOC(N)=O.O=C(O)c1ccccc1. The maximum atomic E-state index is 10.4. The van der Waals surface area contributed by atoms with Gasteiger partial charge in [0.25, 0.3) is 0 Å². The van der Waals surface area contributed by atoms with Crippen LogP contribution in [0.5, 0.6) is 5.75 Å². The Kier molecular flexibility index (Phi) is 8.17. The third-order valence-electron chi connectivity index (χ3n) is 7.80. The Morgan fingerprint density at radius 1 is 1.06 bits per heavy atom. The van der Waals surface area contributed by atoms with E-state index in [0.717, 1.165) is 25.2 Å². The fourth-order valence-corrected chi connectivity index (χ4v) is 6.12. The Bertz CT molecular complexity index is 998. The van der Waals surface area contributed by atoms with Gasteiger partial charge in [0.15, 0.2) is 0 Å². The Morgan fingerprint density at radius 2 is 1.74 bits per heavy atom. The number of amides is 1. The van der Waals surface area contributed by atoms with Crippen molar-refractivity contribution in [3.05, 3.63) is 65.2 Å². The molecule has 5 rings (SSSR count). The van der Waals surface area contributed by atoms with Gasteiger partial charge in [-0.2, -0.15) is 5.90 Å². The fraction of sp³-hybridized carbons (Fsp3) is 0.462. The van der Waals surface area contributed by atoms with Crippen molar-refractivity contribution in [1.29, 1.82) is 0 Å². The molecule has 7 N–H and O–H groups in total. The zero-order valence-corrected chi connectivity index (χ0v) is 19.4. The first-order valence-electron chi connectivity index (χ1n) is 11.6. The van der Waals surface area contributed by atoms with E-state index in [9.17, 15) is 19.8 Å². The number of aromatic hydroxyl groups is 1. The van der Waals surface area contributed by atoms with Crippen LogP contribution in [0.25, 0.3) is 0 Å². The van der Waals surface area contributed by atoms with Gasteiger partial charge in [0, 0.05) is 0 Å². The third-order valence-corrected chi connectivity index (χ3v) is 7.80. The van der Waals surface area contributed by atoms with Gasteiger partial charge in [-0.1, -0.05) is 31.2 Å². The average molecular weight is 471 g/mol. The topological polar surface area (TPSA) is 156 Å². The molecule has 2 aromatic rings. The first-order chi connectivity index (χ1) is 16.2. The number of phenols is 1. The number of carbonyl (C=O) groups excluding carboxylic acids is 1. The molecule has 2 fully saturated rings. The summed E-state index contributed by atoms with van der Waals surface area (Å²) >= 11 is 0. The fourth-order valence-electron chi connectivity index (χ4n) is 6.12. The summed E-state index contributed by atoms with van der Waals surface area (Å²) in [5.41, 5.74) is 7.63. The van der Waals surface area contributed by atoms with Gasteiger partial charge in [-0.25, -0.2) is 9.59 Å². The Balaban J connectivity index is 0.000000193. The van der Waals surface area contributed by atoms with Crippen LogP contribution in [0.15, 0.2) is 48.5 Å². The molecular weight excluding hydrogens is 436 g/mol. The molecule has 5 atom stereocenters. The first kappa shape index (κ1) is 25.5. The number of aliphatic hydroxyl groups is 1. The van der Waals surface area contributed by atoms with Crippen molar-refractivity contribution in [2.45, 2.75) is 57.5 Å². The normalized spacial score (nSPS) is 28.4. The highest BCUT2D eigenvalue weighted by molar-refractivity contribution is 5.87. The summed E-state index contributed by atoms with van der Waals surface area (Å²) < 4.78 is 0. The van der Waals surface area contributed by atoms with E-state index >= 15 is 0 Å². The molecule has 34 heavy (non-hydrogen) atoms. The van der Waals surface area contributed by atoms with Crippen molar-refractivity contribution in [1.82, 2.24) is 0 Å². The molecule has 3 aliphatic carbocycles. The number of carbonyl (C=O) groups is 2. The summed E-state index contributed by atoms with van der Waals surface area (Å²) in [7, 11) is 0. The third kappa shape index (κ3) is 5.51. The zero-order chi connectivity index (χ0) is 24.9. The second-order valence-electron chi connectivity index (χ2n) is 9.54. The van der Waals surface area contributed by atoms with Gasteiger partial charge >= 0.3 is 12.1 Å². The number of rotatable bonds is 1. The van der Waals surface area contributed by atoms with Crippen LogP contribution in [0, 0.1) is 17.3 Å². The minimum absolute atomic E-state index is 0.0883. The number of hydrogen-bond donors (Lipinski definition) is 5. The summed E-state index contributed by atoms with van der Waals surface area (Å²) in [4.78, 5) is 22.8. The van der Waals surface area contributed by atoms with Gasteiger partial charge < -0.3 is 25.9 Å². The minimum Gasteiger partial charge on any atom is -0.508 e. The van der Waals surface area contributed by atoms with Crippen molar-refractivity contribution < 1.29 is 29.7 Å². The zero-order valence-electron chi connectivity index (χ0n) is 19.4. The van der Waals surface area contributed by atoms with Gasteiger partial charge in [-0.15, -0.1) is 0 Å². The van der Waals surface area contributed by atoms with E-state index in [1.54, 1.807) is 30.3 Å². The van der Waals surface area contributed by atoms with Crippen LogP contribution in [0.1, 0.15) is 66.4 Å². The second-order valence-corrected chi connectivity index (χ2v) is 9.54. The number of aromatic carboxylic acids is 1. The molecule has 0 radical (unpaired) electrons. The van der Waals surface area contributed by atoms with Crippen LogP contribution in [0.3, 0.4) is 0 Å². The molecule has 1 amide bonds. The van der Waals surface area contributed by atoms with Gasteiger partial charge in [0.05, 0.1) is 11.7 Å². The van der Waals surface area contributed by atoms with E-state index in [1.165, 1.54) is 30.4 Å². The van der Waals surface area contributed by atoms with E-state index in [2.05, 4.69) is 29.5 Å². The van der Waals surface area contributed by atoms with E-state index < -0.39 is 12.1 Å². The number of hydrogen-bond acceptors (Lipinski definition) is 6. The van der Waals surface area contributed by atoms with E-state index in [4.69, 9.17) is 5.11 Å². The molecule has 0 unspecified atom stereocenters. The number of nitrogens with two attached hydrogens (primary N) is 2. The Hall–Kier alpha value is -3.10. The maximum Gasteiger partial charge on any atom is 0.423 e. The molecule has 0 heterocycles. The predicted molar refractivity (Wildman–Crippen MR) is 127 cm³/mol. The molecule has 2 aromatic carbocycles. The lowest BCUT2D eigenvalue weighted by Gasteiger charge is -2.50. The maximum absolute atomic E-state index is 10.4. The summed E-state index contributed by atoms with van der Waals surface area (Å²) in [5.74, 6) is 5.81. The summed E-state index contributed by atoms with van der Waals surface area (Å²) in [6.45, 7) is 2.32. The molecule has 0 saturated heterocycles. The molecular formula is C26H34N2O6. The van der Waals surface area contributed by atoms with Crippen LogP contribution in [-0.2, 0) is 11.3 Å². The molecule has 2 saturated carbocycles. The standard InChI is InChI=1S/C18H24O2.C7H6O2.CH4N2O2/c1-18-9-8-14-13-5-3-12(19)10-11(13)2-4-15(14)16(18)6-7-17(18)20;8-7(9)6-4-2-1-3-5-6;2-1(4)5-3/h3,5,10,14-17,19-20H,2,4,6-9H2,1H3;1-5H,(H,8,9);3H2,(H2,2,4)/t14-,15-,16+,17+,18+;;/m1../s1. The highest BCUT2D eigenvalue weighted by atomic mass is 16.7. The number of carboxylic acids is 1. The number of benzene rings is 2. The van der Waals surface area contributed by atoms with Crippen LogP contribution in [0.2, 0.25) is 0 Å². The lowest BCUT2D eigenvalue weighted by atomic mass is 9.55. The average Bonchev–Trinajstić information content (AvgIpc) is 3.14. The molecule has 0 aliphatic heterocycles. The molecule has 184 valence electrons. The first-order valence-corrected chi connectivity index (χ1v) is 11.6. The predicted octanol–water partition coefficient (Wildman–Crippen LogP) is 3.95. The Morgan fingerprint density at radius 3 is 2.32 bits per heavy atom. The van der Waals surface area contributed by atoms with E-state index in [0.29, 0.717) is 23.1 Å². The van der Waals surface area contributed by atoms with Crippen molar-refractivity contribution in [3.8, 4) is 5.75 Å². The molecule has 8 nitrogen and oxygen atoms in total. The van der Waals surface area contributed by atoms with Gasteiger partial charge in [0.1, 0.15) is 5.75 Å². The van der Waals surface area contributed by atoms with E-state index in [-0.39, 0.29) is 11.5 Å². The van der Waals surface area contributed by atoms with E-state index in [1.807, 2.05) is 12.1 Å². The number of primary amides is 1. The lowest BCUT2D eigenvalue weighted by Crippen LogP contribution is -2.43. The van der Waals surface area contributed by atoms with Crippen molar-refractivity contribution in [3.63, 3.8) is 0 Å². The van der Waals surface area contributed by atoms with Gasteiger partial charge in [-0.3, -0.25) is 0 Å². The molecule has 0 spiro atoms. The highest BCUT2D eigenvalue weighted by Gasteiger charge is 2.54. The Labute approximate surface area is 199 Å². The number of carboxylic acid groups (broad SMARTS) is 1. The largest absolute Gasteiger partial charge is 0.508 e. The smallest absolute Gasteiger partial charge is 0.423 e. The lowest BCUT2D eigenvalue weighted by molar-refractivity contribution is -0.0226. The summed E-state index contributed by atoms with van der Waals surface area (Å²) in [5, 5.41) is 28.4. The van der Waals surface area contributed by atoms with Crippen molar-refractivity contribution >= 4 is 12.1 Å². The number of aryl methyl sites for hydroxylation is 1. The summed E-state index contributed by atoms with van der Waals surface area (Å²) in [6, 6.07) is 14.3. The summed E-state index contributed by atoms with van der Waals surface area (Å²) in [6.07, 6.45) is 5.81. The quantitative estimate of drug-likeness (QED) is 0.395. The van der Waals surface area contributed by atoms with Crippen molar-refractivity contribution in [2.75, 3.05) is 0 Å². The highest BCUT2D eigenvalue weighted by Crippen LogP contribution is 2.60. The van der Waals surface area contributed by atoms with Crippen LogP contribution in [-0.4, -0.2) is 33.5 Å². The van der Waals surface area contributed by atoms with Crippen LogP contribution < -0.4 is 11.6 Å².